The summed E-state index contributed by atoms with van der Waals surface area (Å²) in [7, 11) is 0. The van der Waals surface area contributed by atoms with Gasteiger partial charge >= 0.3 is 5.97 Å². The van der Waals surface area contributed by atoms with Gasteiger partial charge in [0, 0.05) is 10.3 Å². The predicted molar refractivity (Wildman–Crippen MR) is 78.6 cm³/mol. The lowest BCUT2D eigenvalue weighted by Crippen LogP contribution is -2.03. The maximum absolute atomic E-state index is 10.8. The number of fused-ring (bicyclic) bond motifs is 1. The van der Waals surface area contributed by atoms with Crippen LogP contribution in [0.1, 0.15) is 20.4 Å². The SMILES string of the molecule is Cc1cc2c(NCc3nc(C(=O)O)cs3)ncnc2s1. The van der Waals surface area contributed by atoms with Gasteiger partial charge in [0.15, 0.2) is 5.69 Å². The molecule has 0 spiro atoms. The highest BCUT2D eigenvalue weighted by molar-refractivity contribution is 7.18. The largest absolute Gasteiger partial charge is 0.476 e. The summed E-state index contributed by atoms with van der Waals surface area (Å²) < 4.78 is 0. The molecule has 0 aliphatic rings. The van der Waals surface area contributed by atoms with Gasteiger partial charge in [-0.1, -0.05) is 0 Å². The molecule has 0 bridgehead atoms. The van der Waals surface area contributed by atoms with Crippen molar-refractivity contribution >= 4 is 44.7 Å². The third kappa shape index (κ3) is 2.47. The standard InChI is InChI=1S/C12H10N4O2S2/c1-6-2-7-10(14-5-15-11(7)20-6)13-3-9-16-8(4-19-9)12(17)18/h2,4-5H,3H2,1H3,(H,17,18)(H,13,14,15). The van der Waals surface area contributed by atoms with Crippen LogP contribution in [0.15, 0.2) is 17.8 Å². The number of nitrogens with zero attached hydrogens (tertiary/aromatic N) is 3. The number of carboxylic acid groups (broad SMARTS) is 1. The van der Waals surface area contributed by atoms with Crippen LogP contribution in [0.4, 0.5) is 5.82 Å². The van der Waals surface area contributed by atoms with Gasteiger partial charge in [0.2, 0.25) is 0 Å². The Morgan fingerprint density at radius 1 is 1.45 bits per heavy atom. The Hall–Kier alpha value is -2.06. The summed E-state index contributed by atoms with van der Waals surface area (Å²) in [5.74, 6) is -0.267. The molecule has 0 amide bonds. The first-order valence-corrected chi connectivity index (χ1v) is 7.46. The Bertz CT molecular complexity index is 781. The van der Waals surface area contributed by atoms with Gasteiger partial charge in [-0.2, -0.15) is 0 Å². The number of hydrogen-bond acceptors (Lipinski definition) is 7. The molecule has 0 fully saturated rings. The first-order valence-electron chi connectivity index (χ1n) is 5.76. The molecule has 0 atom stereocenters. The van der Waals surface area contributed by atoms with E-state index >= 15 is 0 Å². The van der Waals surface area contributed by atoms with Gasteiger partial charge in [-0.15, -0.1) is 22.7 Å². The fourth-order valence-electron chi connectivity index (χ4n) is 1.77. The number of carboxylic acids is 1. The van der Waals surface area contributed by atoms with E-state index in [1.165, 1.54) is 27.9 Å². The Morgan fingerprint density at radius 2 is 2.30 bits per heavy atom. The number of aromatic nitrogens is 3. The number of aromatic carboxylic acids is 1. The number of carbonyl (C=O) groups is 1. The van der Waals surface area contributed by atoms with Gasteiger partial charge in [0.25, 0.3) is 0 Å². The quantitative estimate of drug-likeness (QED) is 0.770. The molecule has 102 valence electrons. The highest BCUT2D eigenvalue weighted by Gasteiger charge is 2.10. The number of aryl methyl sites for hydroxylation is 1. The predicted octanol–water partition coefficient (Wildman–Crippen LogP) is 2.77. The zero-order chi connectivity index (χ0) is 14.1. The van der Waals surface area contributed by atoms with Crippen LogP contribution in [-0.2, 0) is 6.54 Å². The molecule has 20 heavy (non-hydrogen) atoms. The monoisotopic (exact) mass is 306 g/mol. The van der Waals surface area contributed by atoms with E-state index in [0.717, 1.165) is 16.0 Å². The number of thiophene rings is 1. The van der Waals surface area contributed by atoms with Crippen LogP contribution in [0.25, 0.3) is 10.2 Å². The van der Waals surface area contributed by atoms with Gasteiger partial charge < -0.3 is 10.4 Å². The van der Waals surface area contributed by atoms with Crippen molar-refractivity contribution < 1.29 is 9.90 Å². The molecular formula is C12H10N4O2S2. The van der Waals surface area contributed by atoms with Gasteiger partial charge in [-0.05, 0) is 13.0 Å². The lowest BCUT2D eigenvalue weighted by Gasteiger charge is -2.03. The normalized spacial score (nSPS) is 10.8. The van der Waals surface area contributed by atoms with E-state index < -0.39 is 5.97 Å². The van der Waals surface area contributed by atoms with E-state index in [1.807, 2.05) is 13.0 Å². The van der Waals surface area contributed by atoms with E-state index in [1.54, 1.807) is 11.3 Å². The van der Waals surface area contributed by atoms with Gasteiger partial charge in [0.1, 0.15) is 22.0 Å². The van der Waals surface area contributed by atoms with Gasteiger partial charge in [0.05, 0.1) is 11.9 Å². The molecular weight excluding hydrogens is 296 g/mol. The Labute approximate surface area is 122 Å². The first-order chi connectivity index (χ1) is 9.63. The second-order valence-corrected chi connectivity index (χ2v) is 6.26. The number of hydrogen-bond donors (Lipinski definition) is 2. The molecule has 6 nitrogen and oxygen atoms in total. The average Bonchev–Trinajstić information content (AvgIpc) is 3.01. The second kappa shape index (κ2) is 5.14. The first kappa shape index (κ1) is 12.9. The molecule has 3 heterocycles. The summed E-state index contributed by atoms with van der Waals surface area (Å²) in [6, 6.07) is 2.03. The van der Waals surface area contributed by atoms with Crippen molar-refractivity contribution in [3.63, 3.8) is 0 Å². The molecule has 3 aromatic heterocycles. The molecule has 0 unspecified atom stereocenters. The van der Waals surface area contributed by atoms with Crippen LogP contribution in [-0.4, -0.2) is 26.0 Å². The van der Waals surface area contributed by atoms with Crippen LogP contribution >= 0.6 is 22.7 Å². The maximum Gasteiger partial charge on any atom is 0.355 e. The molecule has 8 heteroatoms. The lowest BCUT2D eigenvalue weighted by atomic mass is 10.3. The van der Waals surface area contributed by atoms with Crippen molar-refractivity contribution in [3.8, 4) is 0 Å². The number of anilines is 1. The highest BCUT2D eigenvalue weighted by atomic mass is 32.1. The van der Waals surface area contributed by atoms with Crippen molar-refractivity contribution in [1.82, 2.24) is 15.0 Å². The minimum Gasteiger partial charge on any atom is -0.476 e. The minimum absolute atomic E-state index is 0.0750. The minimum atomic E-state index is -1.01. The summed E-state index contributed by atoms with van der Waals surface area (Å²) in [6.45, 7) is 2.47. The molecule has 0 saturated carbocycles. The van der Waals surface area contributed by atoms with Gasteiger partial charge in [-0.3, -0.25) is 0 Å². The summed E-state index contributed by atoms with van der Waals surface area (Å²) in [6.07, 6.45) is 1.52. The Balaban J connectivity index is 1.81. The molecule has 3 rings (SSSR count). The van der Waals surface area contributed by atoms with E-state index in [2.05, 4.69) is 20.3 Å². The average molecular weight is 306 g/mol. The number of thiazole rings is 1. The Kier molecular flexibility index (Phi) is 3.33. The number of rotatable bonds is 4. The maximum atomic E-state index is 10.8. The van der Waals surface area contributed by atoms with Crippen molar-refractivity contribution in [3.05, 3.63) is 33.4 Å². The zero-order valence-corrected chi connectivity index (χ0v) is 12.1. The zero-order valence-electron chi connectivity index (χ0n) is 10.5. The third-order valence-electron chi connectivity index (χ3n) is 2.63. The fraction of sp³-hybridized carbons (Fsp3) is 0.167. The molecule has 3 aromatic rings. The van der Waals surface area contributed by atoms with Crippen molar-refractivity contribution in [2.75, 3.05) is 5.32 Å². The Morgan fingerprint density at radius 3 is 3.05 bits per heavy atom. The molecule has 0 radical (unpaired) electrons. The molecule has 2 N–H and O–H groups in total. The summed E-state index contributed by atoms with van der Waals surface area (Å²) in [4.78, 5) is 25.3. The summed E-state index contributed by atoms with van der Waals surface area (Å²) in [5.41, 5.74) is 0.0750. The van der Waals surface area contributed by atoms with Crippen LogP contribution in [0.2, 0.25) is 0 Å². The summed E-state index contributed by atoms with van der Waals surface area (Å²) in [5, 5.41) is 15.2. The van der Waals surface area contributed by atoms with E-state index in [9.17, 15) is 4.79 Å². The number of nitrogens with one attached hydrogen (secondary N) is 1. The smallest absolute Gasteiger partial charge is 0.355 e. The second-order valence-electron chi connectivity index (χ2n) is 4.08. The highest BCUT2D eigenvalue weighted by Crippen LogP contribution is 2.27. The molecule has 0 saturated heterocycles. The van der Waals surface area contributed by atoms with Crippen molar-refractivity contribution in [2.45, 2.75) is 13.5 Å². The third-order valence-corrected chi connectivity index (χ3v) is 4.44. The lowest BCUT2D eigenvalue weighted by molar-refractivity contribution is 0.0691. The molecule has 0 aliphatic heterocycles. The van der Waals surface area contributed by atoms with E-state index in [-0.39, 0.29) is 5.69 Å². The van der Waals surface area contributed by atoms with E-state index in [4.69, 9.17) is 5.11 Å². The van der Waals surface area contributed by atoms with E-state index in [0.29, 0.717) is 11.6 Å². The van der Waals surface area contributed by atoms with Crippen molar-refractivity contribution in [1.29, 1.82) is 0 Å². The van der Waals surface area contributed by atoms with Crippen LogP contribution in [0, 0.1) is 6.92 Å². The van der Waals surface area contributed by atoms with Gasteiger partial charge in [-0.25, -0.2) is 19.7 Å². The molecule has 0 aliphatic carbocycles. The topological polar surface area (TPSA) is 88.0 Å². The fourth-order valence-corrected chi connectivity index (χ4v) is 3.32. The van der Waals surface area contributed by atoms with Crippen molar-refractivity contribution in [2.24, 2.45) is 0 Å². The van der Waals surface area contributed by atoms with Crippen LogP contribution in [0.5, 0.6) is 0 Å². The summed E-state index contributed by atoms with van der Waals surface area (Å²) >= 11 is 2.93. The van der Waals surface area contributed by atoms with Crippen LogP contribution in [0.3, 0.4) is 0 Å². The van der Waals surface area contributed by atoms with Crippen LogP contribution < -0.4 is 5.32 Å². The molecule has 0 aromatic carbocycles.